The number of nitrogens with one attached hydrogen (secondary N) is 2. The molecule has 22 heavy (non-hydrogen) atoms. The van der Waals surface area contributed by atoms with Gasteiger partial charge in [-0.05, 0) is 44.5 Å². The van der Waals surface area contributed by atoms with Crippen molar-refractivity contribution in [1.82, 2.24) is 15.6 Å². The second-order valence-corrected chi connectivity index (χ2v) is 5.83. The molecule has 0 unspecified atom stereocenters. The molecule has 4 nitrogen and oxygen atoms in total. The van der Waals surface area contributed by atoms with E-state index in [1.54, 1.807) is 12.4 Å². The minimum absolute atomic E-state index is 0.0339. The molecule has 0 bridgehead atoms. The molecule has 0 radical (unpaired) electrons. The number of nitrogens with zero attached hydrogens (tertiary/aromatic N) is 1. The first-order valence-electron chi connectivity index (χ1n) is 7.76. The fourth-order valence-electron chi connectivity index (χ4n) is 2.70. The Bertz CT molecular complexity index is 646. The Kier molecular flexibility index (Phi) is 4.49. The summed E-state index contributed by atoms with van der Waals surface area (Å²) in [5.41, 5.74) is 3.89. The van der Waals surface area contributed by atoms with Gasteiger partial charge in [0.2, 0.25) is 0 Å². The molecule has 1 aromatic heterocycles. The fourth-order valence-corrected chi connectivity index (χ4v) is 2.70. The highest BCUT2D eigenvalue weighted by Crippen LogP contribution is 2.20. The Balaban J connectivity index is 1.75. The SMILES string of the molecule is Cc1ccc(-c2cncc(C(=O)NC3CCNCC3)c2)cc1. The number of carbonyl (C=O) groups is 1. The third-order valence-corrected chi connectivity index (χ3v) is 4.06. The molecule has 2 N–H and O–H groups in total. The van der Waals surface area contributed by atoms with E-state index < -0.39 is 0 Å². The molecule has 1 saturated heterocycles. The number of pyridine rings is 1. The lowest BCUT2D eigenvalue weighted by molar-refractivity contribution is 0.0929. The van der Waals surface area contributed by atoms with Crippen molar-refractivity contribution < 1.29 is 4.79 Å². The first-order valence-corrected chi connectivity index (χ1v) is 7.76. The second-order valence-electron chi connectivity index (χ2n) is 5.83. The Hall–Kier alpha value is -2.20. The number of carbonyl (C=O) groups excluding carboxylic acids is 1. The van der Waals surface area contributed by atoms with Crippen LogP contribution in [-0.4, -0.2) is 30.0 Å². The molecule has 3 rings (SSSR count). The molecule has 1 aliphatic rings. The number of aromatic nitrogens is 1. The Morgan fingerprint density at radius 3 is 2.59 bits per heavy atom. The highest BCUT2D eigenvalue weighted by molar-refractivity contribution is 5.95. The van der Waals surface area contributed by atoms with Gasteiger partial charge in [0.05, 0.1) is 5.56 Å². The molecule has 1 aromatic carbocycles. The Morgan fingerprint density at radius 2 is 1.86 bits per heavy atom. The van der Waals surface area contributed by atoms with Gasteiger partial charge in [0.15, 0.2) is 0 Å². The number of hydrogen-bond acceptors (Lipinski definition) is 3. The lowest BCUT2D eigenvalue weighted by atomic mass is 10.0. The summed E-state index contributed by atoms with van der Waals surface area (Å²) in [6.45, 7) is 3.99. The lowest BCUT2D eigenvalue weighted by Gasteiger charge is -2.23. The number of amides is 1. The second kappa shape index (κ2) is 6.71. The fraction of sp³-hybridized carbons (Fsp3) is 0.333. The molecular weight excluding hydrogens is 274 g/mol. The van der Waals surface area contributed by atoms with E-state index in [2.05, 4.69) is 46.8 Å². The summed E-state index contributed by atoms with van der Waals surface area (Å²) >= 11 is 0. The van der Waals surface area contributed by atoms with Gasteiger partial charge < -0.3 is 10.6 Å². The average Bonchev–Trinajstić information content (AvgIpc) is 2.56. The summed E-state index contributed by atoms with van der Waals surface area (Å²) in [5.74, 6) is -0.0339. The summed E-state index contributed by atoms with van der Waals surface area (Å²) in [5, 5.41) is 6.40. The van der Waals surface area contributed by atoms with Crippen molar-refractivity contribution in [3.63, 3.8) is 0 Å². The van der Waals surface area contributed by atoms with Gasteiger partial charge >= 0.3 is 0 Å². The van der Waals surface area contributed by atoms with Gasteiger partial charge in [-0.1, -0.05) is 29.8 Å². The Morgan fingerprint density at radius 1 is 1.14 bits per heavy atom. The number of aryl methyl sites for hydroxylation is 1. The minimum atomic E-state index is -0.0339. The predicted molar refractivity (Wildman–Crippen MR) is 87.8 cm³/mol. The van der Waals surface area contributed by atoms with Crippen LogP contribution in [0.3, 0.4) is 0 Å². The Labute approximate surface area is 131 Å². The molecule has 0 atom stereocenters. The number of benzene rings is 1. The van der Waals surface area contributed by atoms with Gasteiger partial charge in [-0.2, -0.15) is 0 Å². The van der Waals surface area contributed by atoms with E-state index in [0.717, 1.165) is 37.1 Å². The van der Waals surface area contributed by atoms with Crippen molar-refractivity contribution in [2.45, 2.75) is 25.8 Å². The maximum Gasteiger partial charge on any atom is 0.253 e. The first kappa shape index (κ1) is 14.7. The summed E-state index contributed by atoms with van der Waals surface area (Å²) in [4.78, 5) is 16.6. The lowest BCUT2D eigenvalue weighted by Crippen LogP contribution is -2.42. The van der Waals surface area contributed by atoms with Crippen LogP contribution in [0.1, 0.15) is 28.8 Å². The summed E-state index contributed by atoms with van der Waals surface area (Å²) < 4.78 is 0. The van der Waals surface area contributed by atoms with Crippen LogP contribution in [0.5, 0.6) is 0 Å². The van der Waals surface area contributed by atoms with Crippen LogP contribution in [0, 0.1) is 6.92 Å². The summed E-state index contributed by atoms with van der Waals surface area (Å²) in [6, 6.07) is 10.4. The van der Waals surface area contributed by atoms with Crippen LogP contribution in [0.2, 0.25) is 0 Å². The van der Waals surface area contributed by atoms with Gasteiger partial charge in [-0.3, -0.25) is 9.78 Å². The minimum Gasteiger partial charge on any atom is -0.349 e. The van der Waals surface area contributed by atoms with Crippen LogP contribution in [0.25, 0.3) is 11.1 Å². The maximum absolute atomic E-state index is 12.4. The molecule has 1 fully saturated rings. The summed E-state index contributed by atoms with van der Waals surface area (Å²) in [6.07, 6.45) is 5.40. The van der Waals surface area contributed by atoms with Crippen LogP contribution in [0.15, 0.2) is 42.7 Å². The van der Waals surface area contributed by atoms with E-state index in [4.69, 9.17) is 0 Å². The van der Waals surface area contributed by atoms with Gasteiger partial charge in [-0.15, -0.1) is 0 Å². The van der Waals surface area contributed by atoms with Gasteiger partial charge in [0, 0.05) is 24.0 Å². The molecular formula is C18H21N3O. The molecule has 4 heteroatoms. The normalized spacial score (nSPS) is 15.5. The maximum atomic E-state index is 12.4. The zero-order chi connectivity index (χ0) is 15.4. The van der Waals surface area contributed by atoms with E-state index in [1.807, 2.05) is 6.07 Å². The molecule has 0 spiro atoms. The van der Waals surface area contributed by atoms with Crippen LogP contribution in [0.4, 0.5) is 0 Å². The van der Waals surface area contributed by atoms with Crippen LogP contribution in [-0.2, 0) is 0 Å². The highest BCUT2D eigenvalue weighted by Gasteiger charge is 2.16. The molecule has 2 aromatic rings. The molecule has 0 saturated carbocycles. The van der Waals surface area contributed by atoms with Crippen molar-refractivity contribution in [2.75, 3.05) is 13.1 Å². The number of rotatable bonds is 3. The molecule has 1 aliphatic heterocycles. The zero-order valence-corrected chi connectivity index (χ0v) is 12.8. The largest absolute Gasteiger partial charge is 0.349 e. The van der Waals surface area contributed by atoms with E-state index >= 15 is 0 Å². The van der Waals surface area contributed by atoms with E-state index in [-0.39, 0.29) is 11.9 Å². The van der Waals surface area contributed by atoms with Gasteiger partial charge in [-0.25, -0.2) is 0 Å². The van der Waals surface area contributed by atoms with Crippen molar-refractivity contribution in [3.05, 3.63) is 53.9 Å². The monoisotopic (exact) mass is 295 g/mol. The average molecular weight is 295 g/mol. The van der Waals surface area contributed by atoms with Crippen molar-refractivity contribution in [1.29, 1.82) is 0 Å². The predicted octanol–water partition coefficient (Wildman–Crippen LogP) is 2.54. The van der Waals surface area contributed by atoms with Crippen molar-refractivity contribution in [2.24, 2.45) is 0 Å². The standard InChI is InChI=1S/C18H21N3O/c1-13-2-4-14(5-3-13)15-10-16(12-20-11-15)18(22)21-17-6-8-19-9-7-17/h2-5,10-12,17,19H,6-9H2,1H3,(H,21,22). The van der Waals surface area contributed by atoms with Crippen molar-refractivity contribution in [3.8, 4) is 11.1 Å². The molecule has 2 heterocycles. The van der Waals surface area contributed by atoms with Gasteiger partial charge in [0.25, 0.3) is 5.91 Å². The quantitative estimate of drug-likeness (QED) is 0.915. The van der Waals surface area contributed by atoms with Crippen LogP contribution >= 0.6 is 0 Å². The third-order valence-electron chi connectivity index (χ3n) is 4.06. The number of hydrogen-bond donors (Lipinski definition) is 2. The third kappa shape index (κ3) is 3.52. The van der Waals surface area contributed by atoms with E-state index in [9.17, 15) is 4.79 Å². The topological polar surface area (TPSA) is 54.0 Å². The zero-order valence-electron chi connectivity index (χ0n) is 12.8. The van der Waals surface area contributed by atoms with Crippen molar-refractivity contribution >= 4 is 5.91 Å². The summed E-state index contributed by atoms with van der Waals surface area (Å²) in [7, 11) is 0. The molecule has 1 amide bonds. The number of piperidine rings is 1. The van der Waals surface area contributed by atoms with Crippen LogP contribution < -0.4 is 10.6 Å². The molecule has 114 valence electrons. The van der Waals surface area contributed by atoms with E-state index in [0.29, 0.717) is 5.56 Å². The van der Waals surface area contributed by atoms with E-state index in [1.165, 1.54) is 5.56 Å². The van der Waals surface area contributed by atoms with Gasteiger partial charge in [0.1, 0.15) is 0 Å². The first-order chi connectivity index (χ1) is 10.7. The smallest absolute Gasteiger partial charge is 0.253 e. The highest BCUT2D eigenvalue weighted by atomic mass is 16.1. The molecule has 0 aliphatic carbocycles.